The van der Waals surface area contributed by atoms with Crippen LogP contribution in [0.15, 0.2) is 58.3 Å². The van der Waals surface area contributed by atoms with Gasteiger partial charge in [-0.25, -0.2) is 8.42 Å². The number of benzene rings is 2. The Morgan fingerprint density at radius 1 is 1.10 bits per heavy atom. The molecule has 2 aromatic carbocycles. The number of ether oxygens (including phenoxy) is 2. The van der Waals surface area contributed by atoms with Gasteiger partial charge in [-0.3, -0.25) is 9.10 Å². The van der Waals surface area contributed by atoms with Crippen molar-refractivity contribution in [2.75, 3.05) is 44.0 Å². The Labute approximate surface area is 182 Å². The fraction of sp³-hybridized carbons (Fsp3) is 0.381. The van der Waals surface area contributed by atoms with Gasteiger partial charge in [-0.15, -0.1) is 11.8 Å². The topological polar surface area (TPSA) is 84.9 Å². The van der Waals surface area contributed by atoms with Crippen molar-refractivity contribution in [2.45, 2.75) is 23.1 Å². The number of hydrogen-bond donors (Lipinski definition) is 1. The Morgan fingerprint density at radius 2 is 1.77 bits per heavy atom. The van der Waals surface area contributed by atoms with E-state index in [4.69, 9.17) is 9.47 Å². The van der Waals surface area contributed by atoms with Crippen LogP contribution in [0, 0.1) is 0 Å². The van der Waals surface area contributed by atoms with Gasteiger partial charge in [-0.05, 0) is 68.1 Å². The number of amides is 1. The number of nitrogens with zero attached hydrogens (tertiary/aromatic N) is 1. The number of carbonyl (C=O) groups excluding carboxylic acids is 1. The molecule has 0 aliphatic carbocycles. The molecule has 0 heterocycles. The molecule has 164 valence electrons. The Kier molecular flexibility index (Phi) is 9.48. The molecule has 0 unspecified atom stereocenters. The maximum atomic E-state index is 13.3. The zero-order chi connectivity index (χ0) is 22.0. The SMILES string of the molecule is CCOc1ccc(N(CC(=O)NCCCOC)S(=O)(=O)c2ccc(SC)cc2)cc1. The molecule has 0 spiro atoms. The fourth-order valence-corrected chi connectivity index (χ4v) is 4.53. The molecule has 1 N–H and O–H groups in total. The van der Waals surface area contributed by atoms with Crippen molar-refractivity contribution in [3.63, 3.8) is 0 Å². The summed E-state index contributed by atoms with van der Waals surface area (Å²) in [7, 11) is -2.35. The van der Waals surface area contributed by atoms with Crippen molar-refractivity contribution in [3.8, 4) is 5.75 Å². The lowest BCUT2D eigenvalue weighted by Crippen LogP contribution is -2.41. The van der Waals surface area contributed by atoms with Crippen LogP contribution in [0.1, 0.15) is 13.3 Å². The van der Waals surface area contributed by atoms with Crippen LogP contribution in [0.5, 0.6) is 5.75 Å². The molecule has 30 heavy (non-hydrogen) atoms. The molecule has 2 rings (SSSR count). The van der Waals surface area contributed by atoms with Crippen LogP contribution in [0.25, 0.3) is 0 Å². The molecule has 0 atom stereocenters. The lowest BCUT2D eigenvalue weighted by atomic mass is 10.3. The first-order chi connectivity index (χ1) is 14.4. The number of sulfonamides is 1. The molecule has 0 saturated carbocycles. The van der Waals surface area contributed by atoms with E-state index in [1.54, 1.807) is 55.6 Å². The quantitative estimate of drug-likeness (QED) is 0.393. The van der Waals surface area contributed by atoms with Gasteiger partial charge < -0.3 is 14.8 Å². The molecule has 0 bridgehead atoms. The number of nitrogens with one attached hydrogen (secondary N) is 1. The van der Waals surface area contributed by atoms with E-state index >= 15 is 0 Å². The molecule has 0 fully saturated rings. The van der Waals surface area contributed by atoms with Crippen LogP contribution in [-0.2, 0) is 19.6 Å². The molecule has 0 aromatic heterocycles. The first kappa shape index (κ1) is 24.0. The van der Waals surface area contributed by atoms with Gasteiger partial charge in [0.1, 0.15) is 12.3 Å². The fourth-order valence-electron chi connectivity index (χ4n) is 2.70. The number of hydrogen-bond acceptors (Lipinski definition) is 6. The van der Waals surface area contributed by atoms with Crippen LogP contribution in [0.2, 0.25) is 0 Å². The van der Waals surface area contributed by atoms with E-state index in [0.29, 0.717) is 37.6 Å². The Hall–Kier alpha value is -2.23. The number of carbonyl (C=O) groups is 1. The van der Waals surface area contributed by atoms with Crippen molar-refractivity contribution in [1.82, 2.24) is 5.32 Å². The van der Waals surface area contributed by atoms with Crippen molar-refractivity contribution in [3.05, 3.63) is 48.5 Å². The number of methoxy groups -OCH3 is 1. The Bertz CT molecular complexity index is 900. The van der Waals surface area contributed by atoms with Crippen LogP contribution in [-0.4, -0.2) is 54.0 Å². The summed E-state index contributed by atoms with van der Waals surface area (Å²) >= 11 is 1.53. The van der Waals surface area contributed by atoms with E-state index in [1.165, 1.54) is 11.8 Å². The second kappa shape index (κ2) is 11.8. The summed E-state index contributed by atoms with van der Waals surface area (Å²) in [6.07, 6.45) is 2.57. The largest absolute Gasteiger partial charge is 0.494 e. The lowest BCUT2D eigenvalue weighted by Gasteiger charge is -2.24. The zero-order valence-corrected chi connectivity index (χ0v) is 19.1. The molecule has 0 radical (unpaired) electrons. The molecule has 0 saturated heterocycles. The molecule has 2 aromatic rings. The average Bonchev–Trinajstić information content (AvgIpc) is 2.76. The number of anilines is 1. The van der Waals surface area contributed by atoms with E-state index in [2.05, 4.69) is 5.32 Å². The van der Waals surface area contributed by atoms with Crippen LogP contribution in [0.3, 0.4) is 0 Å². The maximum absolute atomic E-state index is 13.3. The molecule has 7 nitrogen and oxygen atoms in total. The summed E-state index contributed by atoms with van der Waals surface area (Å²) in [5.74, 6) is 0.247. The minimum atomic E-state index is -3.94. The van der Waals surface area contributed by atoms with E-state index in [0.717, 1.165) is 9.20 Å². The summed E-state index contributed by atoms with van der Waals surface area (Å²) in [6, 6.07) is 13.3. The van der Waals surface area contributed by atoms with Gasteiger partial charge in [0.05, 0.1) is 17.2 Å². The highest BCUT2D eigenvalue weighted by molar-refractivity contribution is 7.98. The third kappa shape index (κ3) is 6.65. The smallest absolute Gasteiger partial charge is 0.264 e. The molecule has 9 heteroatoms. The van der Waals surface area contributed by atoms with Crippen molar-refractivity contribution < 1.29 is 22.7 Å². The van der Waals surface area contributed by atoms with Gasteiger partial charge in [0, 0.05) is 25.2 Å². The lowest BCUT2D eigenvalue weighted by molar-refractivity contribution is -0.119. The maximum Gasteiger partial charge on any atom is 0.264 e. The average molecular weight is 453 g/mol. The van der Waals surface area contributed by atoms with Gasteiger partial charge in [0.15, 0.2) is 0 Å². The second-order valence-electron chi connectivity index (χ2n) is 6.31. The highest BCUT2D eigenvalue weighted by Crippen LogP contribution is 2.27. The molecule has 0 aliphatic rings. The molecular formula is C21H28N2O5S2. The van der Waals surface area contributed by atoms with Crippen LogP contribution in [0.4, 0.5) is 5.69 Å². The van der Waals surface area contributed by atoms with Gasteiger partial charge in [-0.1, -0.05) is 0 Å². The third-order valence-corrected chi connectivity index (χ3v) is 6.75. The minimum Gasteiger partial charge on any atom is -0.494 e. The minimum absolute atomic E-state index is 0.126. The van der Waals surface area contributed by atoms with E-state index in [-0.39, 0.29) is 17.3 Å². The monoisotopic (exact) mass is 452 g/mol. The van der Waals surface area contributed by atoms with Gasteiger partial charge in [0.2, 0.25) is 5.91 Å². The first-order valence-corrected chi connectivity index (χ1v) is 12.2. The van der Waals surface area contributed by atoms with Gasteiger partial charge >= 0.3 is 0 Å². The zero-order valence-electron chi connectivity index (χ0n) is 17.5. The van der Waals surface area contributed by atoms with E-state index in [1.807, 2.05) is 13.2 Å². The van der Waals surface area contributed by atoms with Crippen molar-refractivity contribution >= 4 is 33.4 Å². The highest BCUT2D eigenvalue weighted by Gasteiger charge is 2.27. The highest BCUT2D eigenvalue weighted by atomic mass is 32.2. The molecule has 0 aliphatic heterocycles. The summed E-state index contributed by atoms with van der Waals surface area (Å²) in [6.45, 7) is 2.98. The Morgan fingerprint density at radius 3 is 2.33 bits per heavy atom. The molecular weight excluding hydrogens is 424 g/mol. The summed E-state index contributed by atoms with van der Waals surface area (Å²) in [5.41, 5.74) is 0.388. The predicted molar refractivity (Wildman–Crippen MR) is 120 cm³/mol. The van der Waals surface area contributed by atoms with Crippen LogP contribution < -0.4 is 14.4 Å². The van der Waals surface area contributed by atoms with Crippen LogP contribution >= 0.6 is 11.8 Å². The third-order valence-electron chi connectivity index (χ3n) is 4.22. The van der Waals surface area contributed by atoms with Gasteiger partial charge in [-0.2, -0.15) is 0 Å². The number of thioether (sulfide) groups is 1. The summed E-state index contributed by atoms with van der Waals surface area (Å²) < 4.78 is 38.2. The van der Waals surface area contributed by atoms with E-state index < -0.39 is 10.0 Å². The van der Waals surface area contributed by atoms with E-state index in [9.17, 15) is 13.2 Å². The standard InChI is InChI=1S/C21H28N2O5S2/c1-4-28-18-8-6-17(7-9-18)23(16-21(24)22-14-5-15-27-2)30(25,26)20-12-10-19(29-3)11-13-20/h6-13H,4-5,14-16H2,1-3H3,(H,22,24). The normalized spacial score (nSPS) is 11.2. The Balaban J connectivity index is 2.30. The summed E-state index contributed by atoms with van der Waals surface area (Å²) in [4.78, 5) is 13.5. The molecule has 1 amide bonds. The predicted octanol–water partition coefficient (Wildman–Crippen LogP) is 3.16. The summed E-state index contributed by atoms with van der Waals surface area (Å²) in [5, 5.41) is 2.74. The second-order valence-corrected chi connectivity index (χ2v) is 9.05. The number of rotatable bonds is 12. The van der Waals surface area contributed by atoms with Crippen molar-refractivity contribution in [1.29, 1.82) is 0 Å². The van der Waals surface area contributed by atoms with Crippen molar-refractivity contribution in [2.24, 2.45) is 0 Å². The first-order valence-electron chi connectivity index (χ1n) is 9.57. The van der Waals surface area contributed by atoms with Gasteiger partial charge in [0.25, 0.3) is 10.0 Å².